The normalized spacial score (nSPS) is 30.1. The van der Waals surface area contributed by atoms with Gasteiger partial charge in [0.15, 0.2) is 0 Å². The molecule has 0 spiro atoms. The summed E-state index contributed by atoms with van der Waals surface area (Å²) in [6, 6.07) is 0. The van der Waals surface area contributed by atoms with E-state index in [-0.39, 0.29) is 0 Å². The van der Waals surface area contributed by atoms with Crippen LogP contribution in [0.2, 0.25) is 0 Å². The highest BCUT2D eigenvalue weighted by Crippen LogP contribution is 2.40. The van der Waals surface area contributed by atoms with Crippen LogP contribution in [0.3, 0.4) is 0 Å². The molecule has 2 saturated heterocycles. The van der Waals surface area contributed by atoms with Crippen LogP contribution in [-0.2, 0) is 4.74 Å². The molecule has 0 radical (unpaired) electrons. The topological polar surface area (TPSA) is 9.23 Å². The number of allylic oxidation sites excluding steroid dienone is 1. The largest absolute Gasteiger partial charge is 0.496 e. The van der Waals surface area contributed by atoms with Crippen LogP contribution >= 0.6 is 23.5 Å². The van der Waals surface area contributed by atoms with Crippen molar-refractivity contribution in [2.24, 2.45) is 5.92 Å². The second kappa shape index (κ2) is 4.65. The molecule has 0 aromatic heterocycles. The predicted octanol–water partition coefficient (Wildman–Crippen LogP) is 3.47. The summed E-state index contributed by atoms with van der Waals surface area (Å²) in [5.74, 6) is 4.60. The Kier molecular flexibility index (Phi) is 3.50. The summed E-state index contributed by atoms with van der Waals surface area (Å²) in [4.78, 5) is 0. The van der Waals surface area contributed by atoms with E-state index >= 15 is 0 Å². The van der Waals surface area contributed by atoms with E-state index in [9.17, 15) is 0 Å². The van der Waals surface area contributed by atoms with E-state index in [0.29, 0.717) is 0 Å². The highest BCUT2D eigenvalue weighted by atomic mass is 32.2. The zero-order chi connectivity index (χ0) is 9.10. The van der Waals surface area contributed by atoms with Crippen LogP contribution in [0.25, 0.3) is 0 Å². The summed E-state index contributed by atoms with van der Waals surface area (Å²) >= 11 is 3.98. The minimum Gasteiger partial charge on any atom is -0.496 e. The molecule has 2 aliphatic rings. The lowest BCUT2D eigenvalue weighted by Crippen LogP contribution is -2.14. The van der Waals surface area contributed by atoms with Crippen molar-refractivity contribution in [2.45, 2.75) is 26.2 Å². The summed E-state index contributed by atoms with van der Waals surface area (Å²) < 4.78 is 7.24. The Morgan fingerprint density at radius 1 is 1.31 bits per heavy atom. The number of rotatable bonds is 0. The number of thioether (sulfide) groups is 2. The highest BCUT2D eigenvalue weighted by molar-refractivity contribution is 8.22. The second-order valence-corrected chi connectivity index (χ2v) is 6.18. The van der Waals surface area contributed by atoms with Crippen LogP contribution in [-0.4, -0.2) is 18.1 Å². The van der Waals surface area contributed by atoms with Crippen LogP contribution in [0.5, 0.6) is 0 Å². The zero-order valence-electron chi connectivity index (χ0n) is 8.04. The summed E-state index contributed by atoms with van der Waals surface area (Å²) in [5, 5.41) is 0. The van der Waals surface area contributed by atoms with Gasteiger partial charge in [-0.1, -0.05) is 6.92 Å². The third-order valence-corrected chi connectivity index (χ3v) is 5.06. The van der Waals surface area contributed by atoms with Gasteiger partial charge in [-0.25, -0.2) is 0 Å². The van der Waals surface area contributed by atoms with Gasteiger partial charge in [-0.3, -0.25) is 0 Å². The molecule has 0 amide bonds. The monoisotopic (exact) mass is 216 g/mol. The molecule has 0 bridgehead atoms. The van der Waals surface area contributed by atoms with Gasteiger partial charge in [0.1, 0.15) is 5.76 Å². The first-order valence-corrected chi connectivity index (χ1v) is 6.95. The van der Waals surface area contributed by atoms with E-state index in [0.717, 1.165) is 18.9 Å². The SMILES string of the molecule is CC1CCC(=C2SCCCS2)OC1. The fourth-order valence-corrected chi connectivity index (χ4v) is 4.14. The maximum atomic E-state index is 5.77. The van der Waals surface area contributed by atoms with E-state index in [1.165, 1.54) is 34.3 Å². The number of ether oxygens (including phenoxy) is 1. The molecule has 13 heavy (non-hydrogen) atoms. The smallest absolute Gasteiger partial charge is 0.116 e. The van der Waals surface area contributed by atoms with Crippen LogP contribution < -0.4 is 0 Å². The van der Waals surface area contributed by atoms with Gasteiger partial charge < -0.3 is 4.74 Å². The average Bonchev–Trinajstić information content (AvgIpc) is 2.20. The standard InChI is InChI=1S/C10H16OS2/c1-8-3-4-9(11-7-8)10-12-5-2-6-13-10/h8H,2-7H2,1H3. The quantitative estimate of drug-likeness (QED) is 0.613. The van der Waals surface area contributed by atoms with Crippen LogP contribution in [0, 0.1) is 5.92 Å². The van der Waals surface area contributed by atoms with Gasteiger partial charge in [0.2, 0.25) is 0 Å². The molecule has 2 rings (SSSR count). The first-order chi connectivity index (χ1) is 6.36. The van der Waals surface area contributed by atoms with E-state index in [2.05, 4.69) is 6.92 Å². The van der Waals surface area contributed by atoms with Crippen LogP contribution in [0.1, 0.15) is 26.2 Å². The molecule has 1 atom stereocenters. The van der Waals surface area contributed by atoms with E-state index < -0.39 is 0 Å². The van der Waals surface area contributed by atoms with Crippen molar-refractivity contribution in [3.05, 3.63) is 10.00 Å². The Balaban J connectivity index is 1.97. The summed E-state index contributed by atoms with van der Waals surface area (Å²) in [5.41, 5.74) is 0. The van der Waals surface area contributed by atoms with Crippen molar-refractivity contribution >= 4 is 23.5 Å². The Bertz CT molecular complexity index is 195. The molecule has 2 fully saturated rings. The molecular formula is C10H16OS2. The lowest BCUT2D eigenvalue weighted by molar-refractivity contribution is 0.124. The molecule has 74 valence electrons. The molecule has 0 aromatic carbocycles. The summed E-state index contributed by atoms with van der Waals surface area (Å²) in [6.07, 6.45) is 3.82. The average molecular weight is 216 g/mol. The van der Waals surface area contributed by atoms with E-state index in [4.69, 9.17) is 4.74 Å². The number of hydrogen-bond donors (Lipinski definition) is 0. The van der Waals surface area contributed by atoms with Crippen molar-refractivity contribution in [3.8, 4) is 0 Å². The molecule has 2 aliphatic heterocycles. The number of hydrogen-bond acceptors (Lipinski definition) is 3. The van der Waals surface area contributed by atoms with E-state index in [1.807, 2.05) is 23.5 Å². The Morgan fingerprint density at radius 2 is 2.08 bits per heavy atom. The van der Waals surface area contributed by atoms with Crippen LogP contribution in [0.4, 0.5) is 0 Å². The summed E-state index contributed by atoms with van der Waals surface area (Å²) in [6.45, 7) is 3.20. The van der Waals surface area contributed by atoms with Gasteiger partial charge in [-0.15, -0.1) is 23.5 Å². The summed E-state index contributed by atoms with van der Waals surface area (Å²) in [7, 11) is 0. The minimum atomic E-state index is 0.753. The van der Waals surface area contributed by atoms with Crippen molar-refractivity contribution in [2.75, 3.05) is 18.1 Å². The van der Waals surface area contributed by atoms with Crippen molar-refractivity contribution in [1.82, 2.24) is 0 Å². The maximum absolute atomic E-state index is 5.77. The third-order valence-electron chi connectivity index (χ3n) is 2.39. The molecular weight excluding hydrogens is 200 g/mol. The van der Waals surface area contributed by atoms with Gasteiger partial charge in [-0.05, 0) is 30.3 Å². The molecule has 0 aliphatic carbocycles. The maximum Gasteiger partial charge on any atom is 0.116 e. The molecule has 0 N–H and O–H groups in total. The Hall–Kier alpha value is 0.240. The molecule has 0 aromatic rings. The first-order valence-electron chi connectivity index (χ1n) is 4.98. The fourth-order valence-electron chi connectivity index (χ4n) is 1.53. The van der Waals surface area contributed by atoms with E-state index in [1.54, 1.807) is 0 Å². The van der Waals surface area contributed by atoms with Gasteiger partial charge >= 0.3 is 0 Å². The van der Waals surface area contributed by atoms with Gasteiger partial charge in [0.05, 0.1) is 10.8 Å². The van der Waals surface area contributed by atoms with Gasteiger partial charge in [0, 0.05) is 6.42 Å². The molecule has 1 nitrogen and oxygen atoms in total. The van der Waals surface area contributed by atoms with Crippen molar-refractivity contribution in [3.63, 3.8) is 0 Å². The van der Waals surface area contributed by atoms with Gasteiger partial charge in [-0.2, -0.15) is 0 Å². The lowest BCUT2D eigenvalue weighted by atomic mass is 10.0. The molecule has 3 heteroatoms. The minimum absolute atomic E-state index is 0.753. The third kappa shape index (κ3) is 2.59. The lowest BCUT2D eigenvalue weighted by Gasteiger charge is -2.25. The second-order valence-electron chi connectivity index (χ2n) is 3.72. The molecule has 2 heterocycles. The van der Waals surface area contributed by atoms with Crippen LogP contribution in [0.15, 0.2) is 10.00 Å². The van der Waals surface area contributed by atoms with Crippen molar-refractivity contribution < 1.29 is 4.74 Å². The van der Waals surface area contributed by atoms with Gasteiger partial charge in [0.25, 0.3) is 0 Å². The predicted molar refractivity (Wildman–Crippen MR) is 60.9 cm³/mol. The highest BCUT2D eigenvalue weighted by Gasteiger charge is 2.19. The van der Waals surface area contributed by atoms with Crippen molar-refractivity contribution in [1.29, 1.82) is 0 Å². The molecule has 0 saturated carbocycles. The zero-order valence-corrected chi connectivity index (χ0v) is 9.68. The first kappa shape index (κ1) is 9.78. The molecule has 1 unspecified atom stereocenters. The fraction of sp³-hybridized carbons (Fsp3) is 0.800. The Labute approximate surface area is 88.7 Å². The Morgan fingerprint density at radius 3 is 2.69 bits per heavy atom.